The van der Waals surface area contributed by atoms with Gasteiger partial charge in [0.2, 0.25) is 0 Å². The second kappa shape index (κ2) is 5.82. The molecule has 0 atom stereocenters. The molecule has 0 aliphatic rings. The van der Waals surface area contributed by atoms with Crippen molar-refractivity contribution in [3.8, 4) is 6.07 Å². The summed E-state index contributed by atoms with van der Waals surface area (Å²) in [5, 5.41) is 13.9. The highest BCUT2D eigenvalue weighted by atomic mass is 35.5. The molecule has 1 heterocycles. The predicted molar refractivity (Wildman–Crippen MR) is 85.2 cm³/mol. The number of hydrogen-bond donors (Lipinski definition) is 1. The van der Waals surface area contributed by atoms with Crippen LogP contribution in [0.5, 0.6) is 0 Å². The van der Waals surface area contributed by atoms with Crippen LogP contribution in [0, 0.1) is 11.3 Å². The number of halogens is 1. The molecule has 2 aromatic carbocycles. The zero-order valence-electron chi connectivity index (χ0n) is 11.2. The maximum absolute atomic E-state index is 8.92. The Bertz CT molecular complexity index is 837. The number of nitriles is 1. The van der Waals surface area contributed by atoms with Crippen LogP contribution in [0.4, 0.5) is 5.69 Å². The van der Waals surface area contributed by atoms with Crippen molar-refractivity contribution in [3.63, 3.8) is 0 Å². The Morgan fingerprint density at radius 2 is 2.05 bits per heavy atom. The minimum Gasteiger partial charge on any atom is -0.379 e. The minimum atomic E-state index is 0.628. The van der Waals surface area contributed by atoms with Crippen LogP contribution in [-0.2, 0) is 6.54 Å². The summed E-state index contributed by atoms with van der Waals surface area (Å²) in [5.41, 5.74) is 3.49. The third-order valence-electron chi connectivity index (χ3n) is 3.26. The van der Waals surface area contributed by atoms with Gasteiger partial charge in [-0.25, -0.2) is 0 Å². The molecule has 21 heavy (non-hydrogen) atoms. The molecule has 0 fully saturated rings. The van der Waals surface area contributed by atoms with Gasteiger partial charge in [0.15, 0.2) is 0 Å². The van der Waals surface area contributed by atoms with Crippen molar-refractivity contribution in [2.45, 2.75) is 6.54 Å². The van der Waals surface area contributed by atoms with Gasteiger partial charge in [-0.2, -0.15) is 5.26 Å². The fourth-order valence-corrected chi connectivity index (χ4v) is 2.44. The monoisotopic (exact) mass is 293 g/mol. The molecular weight excluding hydrogens is 282 g/mol. The van der Waals surface area contributed by atoms with Crippen LogP contribution in [0.15, 0.2) is 54.7 Å². The van der Waals surface area contributed by atoms with Crippen LogP contribution in [0.3, 0.4) is 0 Å². The van der Waals surface area contributed by atoms with Crippen LogP contribution in [0.2, 0.25) is 5.02 Å². The number of nitrogens with one attached hydrogen (secondary N) is 1. The molecular formula is C17H12ClN3. The lowest BCUT2D eigenvalue weighted by molar-refractivity contribution is 1.15. The maximum atomic E-state index is 8.92. The van der Waals surface area contributed by atoms with Gasteiger partial charge in [0.05, 0.1) is 27.9 Å². The average molecular weight is 294 g/mol. The largest absolute Gasteiger partial charge is 0.379 e. The first-order chi connectivity index (χ1) is 10.3. The van der Waals surface area contributed by atoms with Gasteiger partial charge < -0.3 is 5.32 Å². The average Bonchev–Trinajstić information content (AvgIpc) is 2.55. The number of rotatable bonds is 3. The smallest absolute Gasteiger partial charge is 0.0991 e. The number of hydrogen-bond acceptors (Lipinski definition) is 3. The highest BCUT2D eigenvalue weighted by molar-refractivity contribution is 6.35. The van der Waals surface area contributed by atoms with E-state index in [1.165, 1.54) is 0 Å². The quantitative estimate of drug-likeness (QED) is 0.780. The Morgan fingerprint density at radius 1 is 1.14 bits per heavy atom. The van der Waals surface area contributed by atoms with Gasteiger partial charge >= 0.3 is 0 Å². The molecule has 1 N–H and O–H groups in total. The van der Waals surface area contributed by atoms with Crippen LogP contribution < -0.4 is 5.32 Å². The van der Waals surface area contributed by atoms with E-state index < -0.39 is 0 Å². The lowest BCUT2D eigenvalue weighted by atomic mass is 10.1. The summed E-state index contributed by atoms with van der Waals surface area (Å²) in [6, 6.07) is 17.3. The fraction of sp³-hybridized carbons (Fsp3) is 0.0588. The molecule has 0 aliphatic carbocycles. The number of pyridine rings is 1. The van der Waals surface area contributed by atoms with Gasteiger partial charge in [-0.1, -0.05) is 23.7 Å². The van der Waals surface area contributed by atoms with Crippen molar-refractivity contribution in [2.75, 3.05) is 5.32 Å². The van der Waals surface area contributed by atoms with Gasteiger partial charge in [-0.15, -0.1) is 0 Å². The molecule has 3 aromatic rings. The summed E-state index contributed by atoms with van der Waals surface area (Å²) in [6.07, 6.45) is 1.75. The molecule has 0 saturated carbocycles. The summed E-state index contributed by atoms with van der Waals surface area (Å²) in [7, 11) is 0. The third-order valence-corrected chi connectivity index (χ3v) is 3.59. The molecule has 1 aromatic heterocycles. The maximum Gasteiger partial charge on any atom is 0.0991 e. The molecule has 3 rings (SSSR count). The number of nitrogens with zero attached hydrogens (tertiary/aromatic N) is 2. The lowest BCUT2D eigenvalue weighted by Crippen LogP contribution is -2.01. The fourth-order valence-electron chi connectivity index (χ4n) is 2.23. The highest BCUT2D eigenvalue weighted by Gasteiger charge is 2.05. The summed E-state index contributed by atoms with van der Waals surface area (Å²) >= 11 is 6.18. The first kappa shape index (κ1) is 13.4. The summed E-state index contributed by atoms with van der Waals surface area (Å²) in [6.45, 7) is 0.628. The van der Waals surface area contributed by atoms with Gasteiger partial charge in [0, 0.05) is 18.1 Å². The lowest BCUT2D eigenvalue weighted by Gasteiger charge is -2.10. The van der Waals surface area contributed by atoms with Crippen molar-refractivity contribution in [2.24, 2.45) is 0 Å². The Labute approximate surface area is 127 Å². The molecule has 0 aliphatic heterocycles. The van der Waals surface area contributed by atoms with E-state index in [9.17, 15) is 0 Å². The van der Waals surface area contributed by atoms with Crippen molar-refractivity contribution in [1.29, 1.82) is 5.26 Å². The standard InChI is InChI=1S/C17H12ClN3/c18-15-6-7-16(17-14(15)5-2-8-20-17)21-11-13-4-1-3-12(9-13)10-19/h1-9,21H,11H2. The second-order valence-corrected chi connectivity index (χ2v) is 5.07. The Balaban J connectivity index is 1.89. The molecule has 0 bridgehead atoms. The topological polar surface area (TPSA) is 48.7 Å². The van der Waals surface area contributed by atoms with E-state index in [1.807, 2.05) is 42.5 Å². The molecule has 3 nitrogen and oxygen atoms in total. The summed E-state index contributed by atoms with van der Waals surface area (Å²) < 4.78 is 0. The normalized spacial score (nSPS) is 10.3. The summed E-state index contributed by atoms with van der Waals surface area (Å²) in [4.78, 5) is 4.39. The number of fused-ring (bicyclic) bond motifs is 1. The molecule has 0 saturated heterocycles. The van der Waals surface area contributed by atoms with Crippen molar-refractivity contribution in [1.82, 2.24) is 4.98 Å². The number of benzene rings is 2. The van der Waals surface area contributed by atoms with Crippen LogP contribution in [0.25, 0.3) is 10.9 Å². The molecule has 102 valence electrons. The van der Waals surface area contributed by atoms with Gasteiger partial charge in [-0.05, 0) is 42.0 Å². The van der Waals surface area contributed by atoms with Crippen molar-refractivity contribution >= 4 is 28.2 Å². The van der Waals surface area contributed by atoms with Crippen molar-refractivity contribution in [3.05, 3.63) is 70.9 Å². The molecule has 0 amide bonds. The number of aromatic nitrogens is 1. The van der Waals surface area contributed by atoms with Crippen LogP contribution in [-0.4, -0.2) is 4.98 Å². The Kier molecular flexibility index (Phi) is 3.72. The van der Waals surface area contributed by atoms with E-state index in [2.05, 4.69) is 16.4 Å². The van der Waals surface area contributed by atoms with E-state index in [0.29, 0.717) is 17.1 Å². The second-order valence-electron chi connectivity index (χ2n) is 4.66. The Morgan fingerprint density at radius 3 is 2.90 bits per heavy atom. The van der Waals surface area contributed by atoms with E-state index in [1.54, 1.807) is 12.3 Å². The molecule has 0 radical (unpaired) electrons. The van der Waals surface area contributed by atoms with E-state index in [4.69, 9.17) is 16.9 Å². The first-order valence-corrected chi connectivity index (χ1v) is 6.92. The predicted octanol–water partition coefficient (Wildman–Crippen LogP) is 4.37. The molecule has 0 spiro atoms. The zero-order chi connectivity index (χ0) is 14.7. The third kappa shape index (κ3) is 2.81. The molecule has 4 heteroatoms. The highest BCUT2D eigenvalue weighted by Crippen LogP contribution is 2.28. The van der Waals surface area contributed by atoms with Gasteiger partial charge in [0.25, 0.3) is 0 Å². The van der Waals surface area contributed by atoms with Crippen LogP contribution in [0.1, 0.15) is 11.1 Å². The SMILES string of the molecule is N#Cc1cccc(CNc2ccc(Cl)c3cccnc23)c1. The summed E-state index contributed by atoms with van der Waals surface area (Å²) in [5.74, 6) is 0. The zero-order valence-corrected chi connectivity index (χ0v) is 11.9. The Hall–Kier alpha value is -2.57. The van der Waals surface area contributed by atoms with Crippen LogP contribution >= 0.6 is 11.6 Å². The minimum absolute atomic E-state index is 0.628. The first-order valence-electron chi connectivity index (χ1n) is 6.54. The van der Waals surface area contributed by atoms with E-state index in [-0.39, 0.29) is 0 Å². The van der Waals surface area contributed by atoms with Gasteiger partial charge in [0.1, 0.15) is 0 Å². The van der Waals surface area contributed by atoms with Gasteiger partial charge in [-0.3, -0.25) is 4.98 Å². The number of anilines is 1. The van der Waals surface area contributed by atoms with E-state index in [0.717, 1.165) is 22.2 Å². The molecule has 0 unspecified atom stereocenters. The van der Waals surface area contributed by atoms with E-state index >= 15 is 0 Å². The van der Waals surface area contributed by atoms with Crippen molar-refractivity contribution < 1.29 is 0 Å².